The van der Waals surface area contributed by atoms with Gasteiger partial charge in [0.2, 0.25) is 0 Å². The van der Waals surface area contributed by atoms with Gasteiger partial charge in [0.25, 0.3) is 0 Å². The third kappa shape index (κ3) is 3.43. The van der Waals surface area contributed by atoms with E-state index in [4.69, 9.17) is 4.74 Å². The van der Waals surface area contributed by atoms with Crippen molar-refractivity contribution >= 4 is 12.6 Å². The highest BCUT2D eigenvalue weighted by atomic mass is 32.1. The van der Waals surface area contributed by atoms with Crippen molar-refractivity contribution in [3.63, 3.8) is 0 Å². The number of methoxy groups -OCH3 is 1. The minimum Gasteiger partial charge on any atom is -0.497 e. The van der Waals surface area contributed by atoms with Crippen LogP contribution in [0.2, 0.25) is 0 Å². The van der Waals surface area contributed by atoms with E-state index in [1.165, 1.54) is 5.56 Å². The maximum Gasteiger partial charge on any atom is 0.118 e. The van der Waals surface area contributed by atoms with Crippen LogP contribution >= 0.6 is 12.6 Å². The number of thiol groups is 1. The Balaban J connectivity index is 2.75. The van der Waals surface area contributed by atoms with Gasteiger partial charge in [0, 0.05) is 17.8 Å². The first kappa shape index (κ1) is 12.4. The molecule has 1 aromatic carbocycles. The quantitative estimate of drug-likeness (QED) is 0.593. The Morgan fingerprint density at radius 2 is 1.87 bits per heavy atom. The number of ether oxygens (including phenoxy) is 1. The molecule has 0 aliphatic carbocycles. The monoisotopic (exact) mass is 225 g/mol. The average Bonchev–Trinajstić information content (AvgIpc) is 2.26. The van der Waals surface area contributed by atoms with Crippen LogP contribution in [0.1, 0.15) is 19.4 Å². The lowest BCUT2D eigenvalue weighted by Crippen LogP contribution is -2.32. The van der Waals surface area contributed by atoms with Crippen molar-refractivity contribution in [1.29, 1.82) is 0 Å². The van der Waals surface area contributed by atoms with Crippen LogP contribution in [0.15, 0.2) is 24.3 Å². The van der Waals surface area contributed by atoms with Gasteiger partial charge in [-0.15, -0.1) is 0 Å². The molecule has 3 heteroatoms. The van der Waals surface area contributed by atoms with Crippen LogP contribution in [0.5, 0.6) is 5.75 Å². The second-order valence-corrected chi connectivity index (χ2v) is 4.51. The van der Waals surface area contributed by atoms with Gasteiger partial charge in [0.05, 0.1) is 7.11 Å². The van der Waals surface area contributed by atoms with Crippen molar-refractivity contribution in [3.8, 4) is 5.75 Å². The summed E-state index contributed by atoms with van der Waals surface area (Å²) in [4.78, 5) is 0. The summed E-state index contributed by atoms with van der Waals surface area (Å²) in [5.74, 6) is 1.61. The van der Waals surface area contributed by atoms with E-state index < -0.39 is 0 Å². The smallest absolute Gasteiger partial charge is 0.118 e. The van der Waals surface area contributed by atoms with Crippen molar-refractivity contribution in [2.24, 2.45) is 0 Å². The van der Waals surface area contributed by atoms with Crippen LogP contribution < -0.4 is 10.1 Å². The van der Waals surface area contributed by atoms with Crippen molar-refractivity contribution in [2.45, 2.75) is 19.3 Å². The van der Waals surface area contributed by atoms with E-state index >= 15 is 0 Å². The molecular weight excluding hydrogens is 206 g/mol. The molecule has 0 aliphatic heterocycles. The highest BCUT2D eigenvalue weighted by molar-refractivity contribution is 7.80. The van der Waals surface area contributed by atoms with E-state index in [-0.39, 0.29) is 5.41 Å². The van der Waals surface area contributed by atoms with Crippen LogP contribution in [0.25, 0.3) is 0 Å². The number of nitrogens with one attached hydrogen (secondary N) is 1. The second-order valence-electron chi connectivity index (χ2n) is 4.20. The molecule has 0 fully saturated rings. The van der Waals surface area contributed by atoms with Gasteiger partial charge in [-0.05, 0) is 17.7 Å². The summed E-state index contributed by atoms with van der Waals surface area (Å²) in [6.45, 7) is 5.35. The molecule has 0 heterocycles. The zero-order chi connectivity index (χ0) is 11.3. The van der Waals surface area contributed by atoms with Crippen LogP contribution in [0, 0.1) is 0 Å². The summed E-state index contributed by atoms with van der Waals surface area (Å²) in [5.41, 5.74) is 1.42. The maximum atomic E-state index is 5.14. The average molecular weight is 225 g/mol. The van der Waals surface area contributed by atoms with E-state index in [9.17, 15) is 0 Å². The fourth-order valence-electron chi connectivity index (χ4n) is 1.51. The normalized spacial score (nSPS) is 11.5. The molecule has 0 unspecified atom stereocenters. The molecule has 1 aromatic rings. The first-order chi connectivity index (χ1) is 7.10. The third-order valence-corrected chi connectivity index (χ3v) is 2.77. The van der Waals surface area contributed by atoms with Gasteiger partial charge in [-0.2, -0.15) is 12.6 Å². The Morgan fingerprint density at radius 1 is 1.27 bits per heavy atom. The van der Waals surface area contributed by atoms with Crippen molar-refractivity contribution in [3.05, 3.63) is 29.8 Å². The molecule has 0 atom stereocenters. The first-order valence-corrected chi connectivity index (χ1v) is 5.69. The van der Waals surface area contributed by atoms with Gasteiger partial charge in [-0.1, -0.05) is 26.0 Å². The van der Waals surface area contributed by atoms with Crippen LogP contribution in [0.3, 0.4) is 0 Å². The van der Waals surface area contributed by atoms with E-state index in [1.807, 2.05) is 12.1 Å². The predicted molar refractivity (Wildman–Crippen MR) is 67.9 cm³/mol. The van der Waals surface area contributed by atoms with E-state index in [0.717, 1.165) is 12.3 Å². The van der Waals surface area contributed by atoms with E-state index in [1.54, 1.807) is 7.11 Å². The number of rotatable bonds is 5. The minimum absolute atomic E-state index is 0.120. The van der Waals surface area contributed by atoms with E-state index in [2.05, 4.69) is 43.9 Å². The Bertz CT molecular complexity index is 295. The molecule has 0 bridgehead atoms. The SMILES string of the molecule is COc1ccc(C(C)(C)CNCS)cc1. The molecule has 2 nitrogen and oxygen atoms in total. The molecule has 0 saturated carbocycles. The largest absolute Gasteiger partial charge is 0.497 e. The fraction of sp³-hybridized carbons (Fsp3) is 0.500. The molecule has 1 rings (SSSR count). The molecule has 0 spiro atoms. The molecular formula is C12H19NOS. The van der Waals surface area contributed by atoms with Gasteiger partial charge in [-0.25, -0.2) is 0 Å². The molecule has 0 amide bonds. The van der Waals surface area contributed by atoms with Crippen molar-refractivity contribution in [2.75, 3.05) is 19.5 Å². The number of benzene rings is 1. The summed E-state index contributed by atoms with van der Waals surface area (Å²) in [5, 5.41) is 3.25. The second kappa shape index (κ2) is 5.42. The zero-order valence-corrected chi connectivity index (χ0v) is 10.5. The summed E-state index contributed by atoms with van der Waals surface area (Å²) in [6, 6.07) is 8.22. The third-order valence-electron chi connectivity index (χ3n) is 2.55. The molecule has 0 radical (unpaired) electrons. The zero-order valence-electron chi connectivity index (χ0n) is 9.58. The predicted octanol–water partition coefficient (Wildman–Crippen LogP) is 2.45. The van der Waals surface area contributed by atoms with Gasteiger partial charge in [-0.3, -0.25) is 0 Å². The Hall–Kier alpha value is -0.670. The highest BCUT2D eigenvalue weighted by Gasteiger charge is 2.19. The van der Waals surface area contributed by atoms with Gasteiger partial charge < -0.3 is 10.1 Å². The van der Waals surface area contributed by atoms with Gasteiger partial charge in [0.15, 0.2) is 0 Å². The number of hydrogen-bond acceptors (Lipinski definition) is 3. The van der Waals surface area contributed by atoms with Gasteiger partial charge >= 0.3 is 0 Å². The van der Waals surface area contributed by atoms with Crippen LogP contribution in [0.4, 0.5) is 0 Å². The molecule has 0 saturated heterocycles. The molecule has 0 aliphatic rings. The minimum atomic E-state index is 0.120. The number of hydrogen-bond donors (Lipinski definition) is 2. The summed E-state index contributed by atoms with van der Waals surface area (Å²) in [7, 11) is 1.68. The van der Waals surface area contributed by atoms with E-state index in [0.29, 0.717) is 5.88 Å². The van der Waals surface area contributed by atoms with Crippen molar-refractivity contribution in [1.82, 2.24) is 5.32 Å². The van der Waals surface area contributed by atoms with Crippen molar-refractivity contribution < 1.29 is 4.74 Å². The Labute approximate surface area is 97.4 Å². The lowest BCUT2D eigenvalue weighted by atomic mass is 9.84. The molecule has 0 aromatic heterocycles. The van der Waals surface area contributed by atoms with Gasteiger partial charge in [0.1, 0.15) is 5.75 Å². The lowest BCUT2D eigenvalue weighted by Gasteiger charge is -2.25. The lowest BCUT2D eigenvalue weighted by molar-refractivity contribution is 0.413. The molecule has 1 N–H and O–H groups in total. The Morgan fingerprint density at radius 3 is 2.33 bits per heavy atom. The topological polar surface area (TPSA) is 21.3 Å². The standard InChI is InChI=1S/C12H19NOS/c1-12(2,8-13-9-15)10-4-6-11(14-3)7-5-10/h4-7,13,15H,8-9H2,1-3H3. The first-order valence-electron chi connectivity index (χ1n) is 5.06. The fourth-order valence-corrected chi connectivity index (χ4v) is 1.62. The summed E-state index contributed by atoms with van der Waals surface area (Å²) < 4.78 is 5.14. The summed E-state index contributed by atoms with van der Waals surface area (Å²) >= 11 is 4.15. The molecule has 15 heavy (non-hydrogen) atoms. The Kier molecular flexibility index (Phi) is 4.48. The summed E-state index contributed by atoms with van der Waals surface area (Å²) in [6.07, 6.45) is 0. The highest BCUT2D eigenvalue weighted by Crippen LogP contribution is 2.24. The maximum absolute atomic E-state index is 5.14. The van der Waals surface area contributed by atoms with Crippen LogP contribution in [-0.4, -0.2) is 19.5 Å². The molecule has 84 valence electrons. The van der Waals surface area contributed by atoms with Crippen LogP contribution in [-0.2, 0) is 5.41 Å².